The van der Waals surface area contributed by atoms with Gasteiger partial charge in [0.1, 0.15) is 5.01 Å². The average Bonchev–Trinajstić information content (AvgIpc) is 3.11. The summed E-state index contributed by atoms with van der Waals surface area (Å²) in [5, 5.41) is 6.84. The van der Waals surface area contributed by atoms with Crippen molar-refractivity contribution in [3.05, 3.63) is 35.6 Å². The molecular weight excluding hydrogens is 274 g/mol. The molecule has 3 heterocycles. The van der Waals surface area contributed by atoms with Crippen LogP contribution in [0, 0.1) is 0 Å². The van der Waals surface area contributed by atoms with Crippen LogP contribution in [-0.2, 0) is 6.42 Å². The topological polar surface area (TPSA) is 37.8 Å². The maximum Gasteiger partial charge on any atom is 0.125 e. The molecule has 2 aromatic rings. The Balaban J connectivity index is 1.53. The Morgan fingerprint density at radius 1 is 1.42 bits per heavy atom. The fourth-order valence-corrected chi connectivity index (χ4v) is 4.18. The second-order valence-electron chi connectivity index (χ2n) is 4.65. The van der Waals surface area contributed by atoms with Crippen LogP contribution in [0.2, 0.25) is 0 Å². The predicted octanol–water partition coefficient (Wildman–Crippen LogP) is 2.84. The van der Waals surface area contributed by atoms with Gasteiger partial charge in [0.15, 0.2) is 0 Å². The molecule has 1 aliphatic rings. The number of hydrogen-bond donors (Lipinski definition) is 1. The molecule has 0 spiro atoms. The molecule has 100 valence electrons. The molecule has 1 saturated heterocycles. The molecule has 0 saturated carbocycles. The van der Waals surface area contributed by atoms with Crippen molar-refractivity contribution in [3.8, 4) is 10.6 Å². The molecule has 0 radical (unpaired) electrons. The fraction of sp³-hybridized carbons (Fsp3) is 0.429. The number of nitrogens with zero attached hydrogens (tertiary/aromatic N) is 2. The van der Waals surface area contributed by atoms with E-state index in [1.165, 1.54) is 23.6 Å². The first-order chi connectivity index (χ1) is 9.42. The molecule has 3 nitrogen and oxygen atoms in total. The second kappa shape index (κ2) is 6.50. The quantitative estimate of drug-likeness (QED) is 0.919. The van der Waals surface area contributed by atoms with Crippen LogP contribution in [0.3, 0.4) is 0 Å². The van der Waals surface area contributed by atoms with E-state index in [2.05, 4.69) is 26.7 Å². The Kier molecular flexibility index (Phi) is 4.48. The lowest BCUT2D eigenvalue weighted by molar-refractivity contribution is 0.558. The van der Waals surface area contributed by atoms with E-state index < -0.39 is 0 Å². The van der Waals surface area contributed by atoms with Crippen molar-refractivity contribution >= 4 is 23.1 Å². The van der Waals surface area contributed by atoms with Gasteiger partial charge >= 0.3 is 0 Å². The van der Waals surface area contributed by atoms with Crippen LogP contribution >= 0.6 is 23.1 Å². The van der Waals surface area contributed by atoms with E-state index in [9.17, 15) is 0 Å². The van der Waals surface area contributed by atoms with E-state index in [1.54, 1.807) is 17.5 Å². The number of nitrogens with one attached hydrogen (secondary N) is 1. The summed E-state index contributed by atoms with van der Waals surface area (Å²) < 4.78 is 0. The van der Waals surface area contributed by atoms with E-state index >= 15 is 0 Å². The summed E-state index contributed by atoms with van der Waals surface area (Å²) in [7, 11) is 0. The Bertz CT molecular complexity index is 506. The minimum Gasteiger partial charge on any atom is -0.313 e. The smallest absolute Gasteiger partial charge is 0.125 e. The lowest BCUT2D eigenvalue weighted by Crippen LogP contribution is -2.30. The Morgan fingerprint density at radius 2 is 2.42 bits per heavy atom. The number of rotatable bonds is 5. The van der Waals surface area contributed by atoms with Gasteiger partial charge in [0.2, 0.25) is 0 Å². The van der Waals surface area contributed by atoms with Gasteiger partial charge in [-0.15, -0.1) is 11.3 Å². The molecule has 5 heteroatoms. The highest BCUT2D eigenvalue weighted by molar-refractivity contribution is 7.99. The second-order valence-corrected chi connectivity index (χ2v) is 6.66. The summed E-state index contributed by atoms with van der Waals surface area (Å²) in [6.45, 7) is 1.03. The number of hydrogen-bond acceptors (Lipinski definition) is 5. The lowest BCUT2D eigenvalue weighted by atomic mass is 10.2. The summed E-state index contributed by atoms with van der Waals surface area (Å²) in [5.74, 6) is 2.57. The van der Waals surface area contributed by atoms with Crippen molar-refractivity contribution in [2.75, 3.05) is 18.1 Å². The van der Waals surface area contributed by atoms with Crippen molar-refractivity contribution in [1.29, 1.82) is 0 Å². The molecular formula is C14H17N3S2. The molecule has 0 aliphatic carbocycles. The summed E-state index contributed by atoms with van der Waals surface area (Å²) in [4.78, 5) is 8.81. The highest BCUT2D eigenvalue weighted by Gasteiger charge is 2.14. The molecule has 1 aliphatic heterocycles. The maximum absolute atomic E-state index is 4.68. The first-order valence-electron chi connectivity index (χ1n) is 6.58. The van der Waals surface area contributed by atoms with Crippen LogP contribution in [0.25, 0.3) is 10.6 Å². The van der Waals surface area contributed by atoms with Crippen LogP contribution in [0.1, 0.15) is 12.1 Å². The first-order valence-corrected chi connectivity index (χ1v) is 8.61. The SMILES string of the molecule is c1cncc(-c2nc(CCN[C@@H]3CCSC3)cs2)c1. The number of aromatic nitrogens is 2. The Morgan fingerprint density at radius 3 is 3.21 bits per heavy atom. The molecule has 1 N–H and O–H groups in total. The standard InChI is InChI=1S/C14H17N3S2/c1-2-11(8-15-5-1)14-17-13(10-19-14)3-6-16-12-4-7-18-9-12/h1-2,5,8,10,12,16H,3-4,6-7,9H2/t12-/m1/s1. The molecule has 3 rings (SSSR count). The van der Waals surface area contributed by atoms with Crippen molar-refractivity contribution in [2.45, 2.75) is 18.9 Å². The first kappa shape index (κ1) is 13.1. The third-order valence-corrected chi connectivity index (χ3v) is 5.31. The van der Waals surface area contributed by atoms with E-state index in [1.807, 2.05) is 24.0 Å². The third-order valence-electron chi connectivity index (χ3n) is 3.20. The molecule has 0 bridgehead atoms. The van der Waals surface area contributed by atoms with Crippen LogP contribution < -0.4 is 5.32 Å². The van der Waals surface area contributed by atoms with Gasteiger partial charge in [-0.1, -0.05) is 0 Å². The molecule has 0 unspecified atom stereocenters. The van der Waals surface area contributed by atoms with Gasteiger partial charge < -0.3 is 5.32 Å². The fourth-order valence-electron chi connectivity index (χ4n) is 2.14. The van der Waals surface area contributed by atoms with Crippen molar-refractivity contribution in [3.63, 3.8) is 0 Å². The molecule has 2 aromatic heterocycles. The van der Waals surface area contributed by atoms with Crippen LogP contribution in [-0.4, -0.2) is 34.1 Å². The Hall–Kier alpha value is -0.910. The minimum atomic E-state index is 0.710. The highest BCUT2D eigenvalue weighted by Crippen LogP contribution is 2.22. The van der Waals surface area contributed by atoms with E-state index in [0.29, 0.717) is 6.04 Å². The third kappa shape index (κ3) is 3.55. The van der Waals surface area contributed by atoms with Gasteiger partial charge in [-0.2, -0.15) is 11.8 Å². The summed E-state index contributed by atoms with van der Waals surface area (Å²) in [5.41, 5.74) is 2.29. The van der Waals surface area contributed by atoms with E-state index in [-0.39, 0.29) is 0 Å². The highest BCUT2D eigenvalue weighted by atomic mass is 32.2. The zero-order valence-electron chi connectivity index (χ0n) is 10.7. The van der Waals surface area contributed by atoms with E-state index in [0.717, 1.165) is 23.5 Å². The van der Waals surface area contributed by atoms with Gasteiger partial charge in [-0.25, -0.2) is 4.98 Å². The van der Waals surface area contributed by atoms with Crippen LogP contribution in [0.4, 0.5) is 0 Å². The van der Waals surface area contributed by atoms with E-state index in [4.69, 9.17) is 0 Å². The number of thiazole rings is 1. The number of thioether (sulfide) groups is 1. The molecule has 1 fully saturated rings. The van der Waals surface area contributed by atoms with Crippen molar-refractivity contribution in [1.82, 2.24) is 15.3 Å². The summed E-state index contributed by atoms with van der Waals surface area (Å²) in [6, 6.07) is 4.72. The summed E-state index contributed by atoms with van der Waals surface area (Å²) in [6.07, 6.45) is 5.98. The minimum absolute atomic E-state index is 0.710. The average molecular weight is 291 g/mol. The zero-order chi connectivity index (χ0) is 12.9. The van der Waals surface area contributed by atoms with Gasteiger partial charge in [-0.3, -0.25) is 4.98 Å². The summed E-state index contributed by atoms with van der Waals surface area (Å²) >= 11 is 3.75. The molecule has 0 aromatic carbocycles. The van der Waals surface area contributed by atoms with Crippen LogP contribution in [0.5, 0.6) is 0 Å². The molecule has 19 heavy (non-hydrogen) atoms. The van der Waals surface area contributed by atoms with Crippen molar-refractivity contribution < 1.29 is 0 Å². The predicted molar refractivity (Wildman–Crippen MR) is 82.8 cm³/mol. The largest absolute Gasteiger partial charge is 0.313 e. The lowest BCUT2D eigenvalue weighted by Gasteiger charge is -2.09. The van der Waals surface area contributed by atoms with Crippen molar-refractivity contribution in [2.24, 2.45) is 0 Å². The molecule has 1 atom stereocenters. The van der Waals surface area contributed by atoms with Gasteiger partial charge in [-0.05, 0) is 24.3 Å². The van der Waals surface area contributed by atoms with Gasteiger partial charge in [0, 0.05) is 48.1 Å². The monoisotopic (exact) mass is 291 g/mol. The zero-order valence-corrected chi connectivity index (χ0v) is 12.3. The van der Waals surface area contributed by atoms with Crippen LogP contribution in [0.15, 0.2) is 29.9 Å². The number of pyridine rings is 1. The van der Waals surface area contributed by atoms with Gasteiger partial charge in [0.05, 0.1) is 5.69 Å². The molecule has 0 amide bonds. The normalized spacial score (nSPS) is 18.8. The van der Waals surface area contributed by atoms with Gasteiger partial charge in [0.25, 0.3) is 0 Å². The Labute approximate surface area is 121 Å². The maximum atomic E-state index is 4.68.